The first-order chi connectivity index (χ1) is 7.05. The lowest BCUT2D eigenvalue weighted by Crippen LogP contribution is -2.24. The Bertz CT molecular complexity index is 136. The number of nitrogens with one attached hydrogen (secondary N) is 1. The molecule has 92 valence electrons. The van der Waals surface area contributed by atoms with E-state index in [-0.39, 0.29) is 0 Å². The third-order valence-corrected chi connectivity index (χ3v) is 3.48. The van der Waals surface area contributed by atoms with Crippen molar-refractivity contribution in [1.29, 1.82) is 0 Å². The summed E-state index contributed by atoms with van der Waals surface area (Å²) in [7, 11) is 2.08. The van der Waals surface area contributed by atoms with Gasteiger partial charge in [0.1, 0.15) is 0 Å². The monoisotopic (exact) mass is 213 g/mol. The van der Waals surface area contributed by atoms with E-state index in [1.54, 1.807) is 0 Å². The lowest BCUT2D eigenvalue weighted by molar-refractivity contribution is 0.288. The van der Waals surface area contributed by atoms with Crippen LogP contribution < -0.4 is 5.32 Å². The Morgan fingerprint density at radius 2 is 1.73 bits per heavy atom. The van der Waals surface area contributed by atoms with Crippen molar-refractivity contribution in [3.63, 3.8) is 0 Å². The van der Waals surface area contributed by atoms with E-state index in [1.165, 1.54) is 44.9 Å². The average Bonchev–Trinajstić information content (AvgIpc) is 2.18. The lowest BCUT2D eigenvalue weighted by atomic mass is 9.82. The molecule has 0 saturated carbocycles. The highest BCUT2D eigenvalue weighted by atomic mass is 14.9. The van der Waals surface area contributed by atoms with Crippen molar-refractivity contribution in [3.05, 3.63) is 0 Å². The second-order valence-electron chi connectivity index (χ2n) is 5.55. The van der Waals surface area contributed by atoms with Gasteiger partial charge in [0.2, 0.25) is 0 Å². The minimum Gasteiger partial charge on any atom is -0.317 e. The molecule has 1 heteroatoms. The first kappa shape index (κ1) is 15.0. The van der Waals surface area contributed by atoms with Crippen molar-refractivity contribution in [3.8, 4) is 0 Å². The summed E-state index contributed by atoms with van der Waals surface area (Å²) >= 11 is 0. The first-order valence-electron chi connectivity index (χ1n) is 6.73. The van der Waals surface area contributed by atoms with E-state index in [1.807, 2.05) is 0 Å². The van der Waals surface area contributed by atoms with Gasteiger partial charge in [-0.1, -0.05) is 47.0 Å². The van der Waals surface area contributed by atoms with Gasteiger partial charge in [0.05, 0.1) is 0 Å². The number of unbranched alkanes of at least 4 members (excludes halogenated alkanes) is 1. The molecule has 15 heavy (non-hydrogen) atoms. The molecule has 0 fully saturated rings. The first-order valence-corrected chi connectivity index (χ1v) is 6.73. The minimum atomic E-state index is 0.566. The molecule has 0 aromatic heterocycles. The van der Waals surface area contributed by atoms with Crippen LogP contribution in [0.25, 0.3) is 0 Å². The molecular formula is C14H31N. The second-order valence-corrected chi connectivity index (χ2v) is 5.55. The van der Waals surface area contributed by atoms with Gasteiger partial charge in [-0.25, -0.2) is 0 Å². The molecule has 1 atom stereocenters. The van der Waals surface area contributed by atoms with Crippen molar-refractivity contribution in [1.82, 2.24) is 5.32 Å². The van der Waals surface area contributed by atoms with Gasteiger partial charge in [0, 0.05) is 6.04 Å². The van der Waals surface area contributed by atoms with Crippen LogP contribution >= 0.6 is 0 Å². The van der Waals surface area contributed by atoms with Gasteiger partial charge in [-0.3, -0.25) is 0 Å². The summed E-state index contributed by atoms with van der Waals surface area (Å²) in [6.07, 6.45) is 9.46. The SMILES string of the molecule is CCCC(C)(C)CCCCC(CC)NC. The van der Waals surface area contributed by atoms with Crippen molar-refractivity contribution in [2.75, 3.05) is 7.05 Å². The molecule has 0 rings (SSSR count). The van der Waals surface area contributed by atoms with Crippen LogP contribution in [0.15, 0.2) is 0 Å². The molecule has 0 radical (unpaired) electrons. The van der Waals surface area contributed by atoms with Gasteiger partial charge in [-0.15, -0.1) is 0 Å². The maximum atomic E-state index is 3.37. The zero-order chi connectivity index (χ0) is 11.7. The minimum absolute atomic E-state index is 0.566. The summed E-state index contributed by atoms with van der Waals surface area (Å²) in [6.45, 7) is 9.37. The second kappa shape index (κ2) is 8.15. The summed E-state index contributed by atoms with van der Waals surface area (Å²) in [6, 6.07) is 0.735. The number of hydrogen-bond acceptors (Lipinski definition) is 1. The zero-order valence-electron chi connectivity index (χ0n) is 11.5. The molecular weight excluding hydrogens is 182 g/mol. The Morgan fingerprint density at radius 3 is 2.20 bits per heavy atom. The highest BCUT2D eigenvalue weighted by Crippen LogP contribution is 2.29. The topological polar surface area (TPSA) is 12.0 Å². The van der Waals surface area contributed by atoms with E-state index < -0.39 is 0 Å². The Morgan fingerprint density at radius 1 is 1.07 bits per heavy atom. The van der Waals surface area contributed by atoms with E-state index in [4.69, 9.17) is 0 Å². The standard InChI is InChI=1S/C14H31N/c1-6-11-14(3,4)12-9-8-10-13(7-2)15-5/h13,15H,6-12H2,1-5H3. The van der Waals surface area contributed by atoms with Crippen LogP contribution in [0.2, 0.25) is 0 Å². The van der Waals surface area contributed by atoms with Crippen LogP contribution in [0.1, 0.15) is 72.6 Å². The molecule has 0 bridgehead atoms. The highest BCUT2D eigenvalue weighted by molar-refractivity contribution is 4.69. The van der Waals surface area contributed by atoms with Crippen LogP contribution in [0.4, 0.5) is 0 Å². The van der Waals surface area contributed by atoms with Crippen LogP contribution in [-0.2, 0) is 0 Å². The van der Waals surface area contributed by atoms with Gasteiger partial charge in [-0.05, 0) is 38.1 Å². The summed E-state index contributed by atoms with van der Waals surface area (Å²) in [5.41, 5.74) is 0.566. The van der Waals surface area contributed by atoms with Gasteiger partial charge < -0.3 is 5.32 Å². The fraction of sp³-hybridized carbons (Fsp3) is 1.00. The lowest BCUT2D eigenvalue weighted by Gasteiger charge is -2.24. The molecule has 1 unspecified atom stereocenters. The van der Waals surface area contributed by atoms with Gasteiger partial charge in [-0.2, -0.15) is 0 Å². The maximum absolute atomic E-state index is 3.37. The quantitative estimate of drug-likeness (QED) is 0.561. The Kier molecular flexibility index (Phi) is 8.13. The van der Waals surface area contributed by atoms with Gasteiger partial charge in [0.25, 0.3) is 0 Å². The highest BCUT2D eigenvalue weighted by Gasteiger charge is 2.15. The van der Waals surface area contributed by atoms with E-state index in [0.29, 0.717) is 5.41 Å². The molecule has 0 heterocycles. The van der Waals surface area contributed by atoms with E-state index >= 15 is 0 Å². The Balaban J connectivity index is 3.52. The fourth-order valence-electron chi connectivity index (χ4n) is 2.35. The summed E-state index contributed by atoms with van der Waals surface area (Å²) in [5, 5.41) is 3.37. The van der Waals surface area contributed by atoms with Gasteiger partial charge >= 0.3 is 0 Å². The summed E-state index contributed by atoms with van der Waals surface area (Å²) in [5.74, 6) is 0. The molecule has 0 spiro atoms. The predicted molar refractivity (Wildman–Crippen MR) is 70.3 cm³/mol. The third kappa shape index (κ3) is 7.84. The zero-order valence-corrected chi connectivity index (χ0v) is 11.5. The van der Waals surface area contributed by atoms with Crippen molar-refractivity contribution in [2.45, 2.75) is 78.7 Å². The molecule has 0 aliphatic carbocycles. The number of hydrogen-bond donors (Lipinski definition) is 1. The van der Waals surface area contributed by atoms with Crippen LogP contribution in [0.5, 0.6) is 0 Å². The molecule has 0 aliphatic heterocycles. The van der Waals surface area contributed by atoms with Crippen LogP contribution in [-0.4, -0.2) is 13.1 Å². The third-order valence-electron chi connectivity index (χ3n) is 3.48. The molecule has 0 aromatic carbocycles. The normalized spacial score (nSPS) is 14.2. The Labute approximate surface area is 97.0 Å². The predicted octanol–water partition coefficient (Wildman–Crippen LogP) is 4.37. The average molecular weight is 213 g/mol. The summed E-state index contributed by atoms with van der Waals surface area (Å²) < 4.78 is 0. The molecule has 0 amide bonds. The van der Waals surface area contributed by atoms with E-state index in [9.17, 15) is 0 Å². The fourth-order valence-corrected chi connectivity index (χ4v) is 2.35. The van der Waals surface area contributed by atoms with Crippen LogP contribution in [0, 0.1) is 5.41 Å². The van der Waals surface area contributed by atoms with Crippen molar-refractivity contribution >= 4 is 0 Å². The largest absolute Gasteiger partial charge is 0.317 e. The molecule has 0 saturated heterocycles. The molecule has 1 N–H and O–H groups in total. The van der Waals surface area contributed by atoms with Gasteiger partial charge in [0.15, 0.2) is 0 Å². The molecule has 0 aliphatic rings. The van der Waals surface area contributed by atoms with Crippen molar-refractivity contribution < 1.29 is 0 Å². The molecule has 1 nitrogen and oxygen atoms in total. The van der Waals surface area contributed by atoms with Crippen molar-refractivity contribution in [2.24, 2.45) is 5.41 Å². The van der Waals surface area contributed by atoms with E-state index in [0.717, 1.165) is 6.04 Å². The maximum Gasteiger partial charge on any atom is 0.00614 e. The number of rotatable bonds is 9. The van der Waals surface area contributed by atoms with Crippen LogP contribution in [0.3, 0.4) is 0 Å². The van der Waals surface area contributed by atoms with E-state index in [2.05, 4.69) is 40.1 Å². The molecule has 0 aromatic rings. The Hall–Kier alpha value is -0.0400. The smallest absolute Gasteiger partial charge is 0.00614 e. The summed E-state index contributed by atoms with van der Waals surface area (Å²) in [4.78, 5) is 0.